The molecule has 0 aliphatic heterocycles. The molecule has 1 N–H and O–H groups in total. The highest BCUT2D eigenvalue weighted by molar-refractivity contribution is 5.57. The predicted octanol–water partition coefficient (Wildman–Crippen LogP) is 6.28. The molecule has 0 amide bonds. The summed E-state index contributed by atoms with van der Waals surface area (Å²) in [5, 5.41) is 9.54. The summed E-state index contributed by atoms with van der Waals surface area (Å²) in [5.74, 6) is 1.27. The summed E-state index contributed by atoms with van der Waals surface area (Å²) in [6.45, 7) is 11.1. The van der Waals surface area contributed by atoms with Gasteiger partial charge in [0.25, 0.3) is 0 Å². The highest BCUT2D eigenvalue weighted by atomic mass is 17.1. The molecule has 2 unspecified atom stereocenters. The van der Waals surface area contributed by atoms with Crippen LogP contribution in [0.4, 0.5) is 0 Å². The van der Waals surface area contributed by atoms with Gasteiger partial charge in [-0.3, -0.25) is 5.26 Å². The number of benzene rings is 2. The van der Waals surface area contributed by atoms with Crippen molar-refractivity contribution in [2.45, 2.75) is 45.6 Å². The zero-order valence-electron chi connectivity index (χ0n) is 19.7. The van der Waals surface area contributed by atoms with E-state index in [4.69, 9.17) is 19.1 Å². The van der Waals surface area contributed by atoms with Crippen LogP contribution in [-0.2, 0) is 25.5 Å². The summed E-state index contributed by atoms with van der Waals surface area (Å²) in [6, 6.07) is 16.0. The first-order chi connectivity index (χ1) is 15.6. The largest absolute Gasteiger partial charge is 0.494 e. The fourth-order valence-corrected chi connectivity index (χ4v) is 3.38. The van der Waals surface area contributed by atoms with Crippen molar-refractivity contribution in [1.29, 1.82) is 0 Å². The lowest BCUT2D eigenvalue weighted by molar-refractivity contribution is -0.270. The van der Waals surface area contributed by atoms with Crippen molar-refractivity contribution in [1.82, 2.24) is 0 Å². The first kappa shape index (κ1) is 26.1. The molecule has 5 heteroatoms. The minimum absolute atomic E-state index is 0.536. The third-order valence-electron chi connectivity index (χ3n) is 5.55. The van der Waals surface area contributed by atoms with Gasteiger partial charge >= 0.3 is 0 Å². The highest BCUT2D eigenvalue weighted by Gasteiger charge is 2.15. The van der Waals surface area contributed by atoms with Crippen LogP contribution in [0.15, 0.2) is 55.1 Å². The van der Waals surface area contributed by atoms with Gasteiger partial charge in [0.2, 0.25) is 0 Å². The predicted molar refractivity (Wildman–Crippen MR) is 129 cm³/mol. The number of hydrogen-bond acceptors (Lipinski definition) is 5. The van der Waals surface area contributed by atoms with Crippen LogP contribution in [0.3, 0.4) is 0 Å². The van der Waals surface area contributed by atoms with E-state index in [1.165, 1.54) is 5.56 Å². The van der Waals surface area contributed by atoms with Gasteiger partial charge < -0.3 is 14.2 Å². The van der Waals surface area contributed by atoms with Crippen LogP contribution in [0.5, 0.6) is 0 Å². The Morgan fingerprint density at radius 2 is 1.50 bits per heavy atom. The molecule has 0 bridgehead atoms. The Balaban J connectivity index is 1.85. The molecule has 176 valence electrons. The van der Waals surface area contributed by atoms with Gasteiger partial charge in [-0.1, -0.05) is 75.4 Å². The second-order valence-electron chi connectivity index (χ2n) is 8.15. The number of methoxy groups -OCH3 is 1. The van der Waals surface area contributed by atoms with Gasteiger partial charge in [-0.25, -0.2) is 4.89 Å². The molecule has 0 aromatic heterocycles. The zero-order valence-corrected chi connectivity index (χ0v) is 19.7. The summed E-state index contributed by atoms with van der Waals surface area (Å²) in [4.78, 5) is 4.82. The Morgan fingerprint density at radius 1 is 0.906 bits per heavy atom. The number of rotatable bonds is 16. The molecule has 2 rings (SSSR count). The Morgan fingerprint density at radius 3 is 2.06 bits per heavy atom. The average molecular weight is 443 g/mol. The maximum Gasteiger partial charge on any atom is 0.143 e. The molecular formula is C27H38O5. The summed E-state index contributed by atoms with van der Waals surface area (Å²) in [5.41, 5.74) is 3.97. The minimum atomic E-state index is -0.536. The molecule has 0 aliphatic rings. The monoisotopic (exact) mass is 442 g/mol. The van der Waals surface area contributed by atoms with E-state index in [2.05, 4.69) is 32.6 Å². The third kappa shape index (κ3) is 8.75. The van der Waals surface area contributed by atoms with Gasteiger partial charge in [-0.15, -0.1) is 0 Å². The van der Waals surface area contributed by atoms with Gasteiger partial charge in [0, 0.05) is 38.9 Å². The van der Waals surface area contributed by atoms with Crippen molar-refractivity contribution in [3.63, 3.8) is 0 Å². The second-order valence-corrected chi connectivity index (χ2v) is 8.15. The molecule has 0 aliphatic carbocycles. The lowest BCUT2D eigenvalue weighted by Gasteiger charge is -2.16. The molecule has 0 radical (unpaired) electrons. The summed E-state index contributed by atoms with van der Waals surface area (Å²) in [6.07, 6.45) is 3.38. The topological polar surface area (TPSA) is 57.2 Å². The van der Waals surface area contributed by atoms with Crippen molar-refractivity contribution in [3.8, 4) is 0 Å². The molecule has 0 fully saturated rings. The van der Waals surface area contributed by atoms with Crippen molar-refractivity contribution in [3.05, 3.63) is 77.4 Å². The molecule has 0 saturated carbocycles. The lowest BCUT2D eigenvalue weighted by Crippen LogP contribution is -2.05. The third-order valence-corrected chi connectivity index (χ3v) is 5.55. The molecule has 0 spiro atoms. The Hall–Kier alpha value is -2.18. The van der Waals surface area contributed by atoms with Crippen molar-refractivity contribution in [2.75, 3.05) is 33.5 Å². The molecule has 32 heavy (non-hydrogen) atoms. The van der Waals surface area contributed by atoms with E-state index in [-0.39, 0.29) is 0 Å². The second kappa shape index (κ2) is 14.8. The smallest absolute Gasteiger partial charge is 0.143 e. The van der Waals surface area contributed by atoms with Crippen LogP contribution in [-0.4, -0.2) is 38.8 Å². The minimum Gasteiger partial charge on any atom is -0.494 e. The highest BCUT2D eigenvalue weighted by Crippen LogP contribution is 2.27. The van der Waals surface area contributed by atoms with E-state index in [9.17, 15) is 5.26 Å². The normalized spacial score (nSPS) is 13.0. The van der Waals surface area contributed by atoms with Crippen LogP contribution >= 0.6 is 0 Å². The molecule has 2 aromatic carbocycles. The number of hydrogen-bond donors (Lipinski definition) is 1. The van der Waals surface area contributed by atoms with Gasteiger partial charge in [0.15, 0.2) is 0 Å². The van der Waals surface area contributed by atoms with Gasteiger partial charge in [0.05, 0.1) is 6.61 Å². The van der Waals surface area contributed by atoms with Gasteiger partial charge in [-0.05, 0) is 35.4 Å². The fourth-order valence-electron chi connectivity index (χ4n) is 3.38. The van der Waals surface area contributed by atoms with Crippen LogP contribution in [0, 0.1) is 5.92 Å². The Labute approximate surface area is 192 Å². The number of ether oxygens (including phenoxy) is 3. The summed E-state index contributed by atoms with van der Waals surface area (Å²) in [7, 11) is 1.69. The maximum absolute atomic E-state index is 9.54. The molecule has 0 saturated heterocycles. The zero-order chi connectivity index (χ0) is 23.2. The molecule has 5 nitrogen and oxygen atoms in total. The molecule has 2 aromatic rings. The van der Waals surface area contributed by atoms with Crippen molar-refractivity contribution < 1.29 is 24.4 Å². The molecule has 2 atom stereocenters. The SMILES string of the molecule is C=C(OCCCOCCCOC)c1ccc(C(OO)c2ccc(CC(C)CC)cc2)cc1. The lowest BCUT2D eigenvalue weighted by atomic mass is 9.95. The van der Waals surface area contributed by atoms with Crippen LogP contribution in [0.1, 0.15) is 61.5 Å². The van der Waals surface area contributed by atoms with Gasteiger partial charge in [0.1, 0.15) is 11.9 Å². The first-order valence-electron chi connectivity index (χ1n) is 11.5. The summed E-state index contributed by atoms with van der Waals surface area (Å²) >= 11 is 0. The van der Waals surface area contributed by atoms with E-state index < -0.39 is 6.10 Å². The quantitative estimate of drug-likeness (QED) is 0.143. The van der Waals surface area contributed by atoms with E-state index in [0.717, 1.165) is 49.0 Å². The van der Waals surface area contributed by atoms with E-state index in [1.807, 2.05) is 36.4 Å². The summed E-state index contributed by atoms with van der Waals surface area (Å²) < 4.78 is 16.3. The first-order valence-corrected chi connectivity index (χ1v) is 11.5. The molecular weight excluding hydrogens is 404 g/mol. The van der Waals surface area contributed by atoms with Gasteiger partial charge in [-0.2, -0.15) is 0 Å². The van der Waals surface area contributed by atoms with Crippen LogP contribution in [0.2, 0.25) is 0 Å². The van der Waals surface area contributed by atoms with E-state index in [1.54, 1.807) is 7.11 Å². The van der Waals surface area contributed by atoms with E-state index in [0.29, 0.717) is 31.5 Å². The fraction of sp³-hybridized carbons (Fsp3) is 0.481. The standard InChI is InChI=1S/C27H38O5/c1-5-21(2)20-23-8-10-25(11-9-23)27(32-28)26-14-12-24(13-15-26)22(3)31-19-7-18-30-17-6-16-29-4/h8-15,21,27-28H,3,5-7,16-20H2,1-2,4H3. The van der Waals surface area contributed by atoms with Crippen molar-refractivity contribution in [2.24, 2.45) is 5.92 Å². The van der Waals surface area contributed by atoms with Crippen LogP contribution < -0.4 is 0 Å². The average Bonchev–Trinajstić information content (AvgIpc) is 2.82. The Kier molecular flexibility index (Phi) is 12.1. The van der Waals surface area contributed by atoms with Crippen molar-refractivity contribution >= 4 is 5.76 Å². The maximum atomic E-state index is 9.54. The van der Waals surface area contributed by atoms with E-state index >= 15 is 0 Å². The van der Waals surface area contributed by atoms with Crippen LogP contribution in [0.25, 0.3) is 5.76 Å². The molecule has 0 heterocycles. The Bertz CT molecular complexity index is 770.